The van der Waals surface area contributed by atoms with Gasteiger partial charge in [0.2, 0.25) is 0 Å². The molecular weight excluding hydrogens is 236 g/mol. The van der Waals surface area contributed by atoms with E-state index in [0.29, 0.717) is 0 Å². The summed E-state index contributed by atoms with van der Waals surface area (Å²) in [6.45, 7) is 2.80. The van der Waals surface area contributed by atoms with Gasteiger partial charge in [-0.05, 0) is 43.8 Å². The molecule has 2 aromatic heterocycles. The molecule has 2 aromatic rings. The third-order valence-electron chi connectivity index (χ3n) is 3.16. The molecule has 0 bridgehead atoms. The molecule has 100 valence electrons. The Bertz CT molecular complexity index is 484. The first-order valence-electron chi connectivity index (χ1n) is 6.44. The fourth-order valence-electron chi connectivity index (χ4n) is 2.37. The van der Waals surface area contributed by atoms with Gasteiger partial charge in [-0.15, -0.1) is 0 Å². The van der Waals surface area contributed by atoms with Gasteiger partial charge in [0.25, 0.3) is 0 Å². The van der Waals surface area contributed by atoms with E-state index in [1.165, 1.54) is 5.56 Å². The van der Waals surface area contributed by atoms with Crippen molar-refractivity contribution in [1.29, 1.82) is 0 Å². The molecule has 0 amide bonds. The van der Waals surface area contributed by atoms with Gasteiger partial charge in [0, 0.05) is 37.2 Å². The molecule has 2 heterocycles. The van der Waals surface area contributed by atoms with Gasteiger partial charge in [0.1, 0.15) is 0 Å². The highest BCUT2D eigenvalue weighted by Gasteiger charge is 2.21. The summed E-state index contributed by atoms with van der Waals surface area (Å²) < 4.78 is 0. The van der Waals surface area contributed by atoms with Gasteiger partial charge in [0.05, 0.1) is 5.69 Å². The summed E-state index contributed by atoms with van der Waals surface area (Å²) in [7, 11) is 2.07. The lowest BCUT2D eigenvalue weighted by atomic mass is 10.0. The van der Waals surface area contributed by atoms with Crippen LogP contribution in [-0.4, -0.2) is 28.0 Å². The third kappa shape index (κ3) is 3.59. The Kier molecular flexibility index (Phi) is 4.60. The Balaban J connectivity index is 2.16. The van der Waals surface area contributed by atoms with Crippen LogP contribution >= 0.6 is 0 Å². The van der Waals surface area contributed by atoms with Crippen LogP contribution in [0.3, 0.4) is 0 Å². The average molecular weight is 256 g/mol. The SMILES string of the molecule is CC(N)C(c1ccncc1)N(C)Cc1ccccn1. The molecule has 0 saturated carbocycles. The van der Waals surface area contributed by atoms with Crippen molar-refractivity contribution in [1.82, 2.24) is 14.9 Å². The predicted octanol–water partition coefficient (Wildman–Crippen LogP) is 2.00. The molecule has 2 atom stereocenters. The number of rotatable bonds is 5. The number of nitrogens with two attached hydrogens (primary N) is 1. The molecule has 0 radical (unpaired) electrons. The summed E-state index contributed by atoms with van der Waals surface area (Å²) in [5, 5.41) is 0. The quantitative estimate of drug-likeness (QED) is 0.889. The minimum Gasteiger partial charge on any atom is -0.326 e. The van der Waals surface area contributed by atoms with E-state index < -0.39 is 0 Å². The molecule has 0 aliphatic rings. The van der Waals surface area contributed by atoms with E-state index in [0.717, 1.165) is 12.2 Å². The maximum Gasteiger partial charge on any atom is 0.0544 e. The summed E-state index contributed by atoms with van der Waals surface area (Å²) >= 11 is 0. The fraction of sp³-hybridized carbons (Fsp3) is 0.333. The van der Waals surface area contributed by atoms with Gasteiger partial charge >= 0.3 is 0 Å². The minimum absolute atomic E-state index is 0.0381. The standard InChI is InChI=1S/C15H20N4/c1-12(16)15(13-6-9-17-10-7-13)19(2)11-14-5-3-4-8-18-14/h3-10,12,15H,11,16H2,1-2H3. The maximum atomic E-state index is 6.14. The number of likely N-dealkylation sites (N-methyl/N-ethyl adjacent to an activating group) is 1. The van der Waals surface area contributed by atoms with Gasteiger partial charge in [0.15, 0.2) is 0 Å². The number of aromatic nitrogens is 2. The normalized spacial score (nSPS) is 14.3. The van der Waals surface area contributed by atoms with Crippen LogP contribution in [0.5, 0.6) is 0 Å². The molecular formula is C15H20N4. The Morgan fingerprint density at radius 1 is 1.16 bits per heavy atom. The highest BCUT2D eigenvalue weighted by atomic mass is 15.2. The van der Waals surface area contributed by atoms with Crippen LogP contribution in [0.1, 0.15) is 24.2 Å². The molecule has 0 spiro atoms. The summed E-state index contributed by atoms with van der Waals surface area (Å²) in [5.41, 5.74) is 8.37. The van der Waals surface area contributed by atoms with Gasteiger partial charge in [-0.25, -0.2) is 0 Å². The zero-order valence-corrected chi connectivity index (χ0v) is 11.4. The van der Waals surface area contributed by atoms with Crippen LogP contribution in [-0.2, 0) is 6.54 Å². The topological polar surface area (TPSA) is 55.0 Å². The molecule has 0 fully saturated rings. The first kappa shape index (κ1) is 13.6. The second-order valence-electron chi connectivity index (χ2n) is 4.82. The Hall–Kier alpha value is -1.78. The molecule has 2 rings (SSSR count). The van der Waals surface area contributed by atoms with Gasteiger partial charge in [-0.2, -0.15) is 0 Å². The van der Waals surface area contributed by atoms with E-state index in [9.17, 15) is 0 Å². The first-order valence-corrected chi connectivity index (χ1v) is 6.44. The lowest BCUT2D eigenvalue weighted by Crippen LogP contribution is -2.37. The Morgan fingerprint density at radius 3 is 2.47 bits per heavy atom. The predicted molar refractivity (Wildman–Crippen MR) is 76.3 cm³/mol. The Morgan fingerprint density at radius 2 is 1.89 bits per heavy atom. The fourth-order valence-corrected chi connectivity index (χ4v) is 2.37. The van der Waals surface area contributed by atoms with Gasteiger partial charge < -0.3 is 5.73 Å². The molecule has 2 N–H and O–H groups in total. The number of pyridine rings is 2. The highest BCUT2D eigenvalue weighted by molar-refractivity contribution is 5.17. The van der Waals surface area contributed by atoms with Crippen LogP contribution in [0.2, 0.25) is 0 Å². The molecule has 0 aromatic carbocycles. The van der Waals surface area contributed by atoms with Gasteiger partial charge in [-0.3, -0.25) is 14.9 Å². The van der Waals surface area contributed by atoms with Crippen molar-refractivity contribution >= 4 is 0 Å². The number of nitrogens with zero attached hydrogens (tertiary/aromatic N) is 3. The molecule has 2 unspecified atom stereocenters. The lowest BCUT2D eigenvalue weighted by Gasteiger charge is -2.31. The molecule has 0 aliphatic carbocycles. The lowest BCUT2D eigenvalue weighted by molar-refractivity contribution is 0.208. The molecule has 0 aliphatic heterocycles. The second kappa shape index (κ2) is 6.41. The molecule has 4 heteroatoms. The zero-order chi connectivity index (χ0) is 13.7. The summed E-state index contributed by atoms with van der Waals surface area (Å²) in [6.07, 6.45) is 5.43. The minimum atomic E-state index is 0.0381. The van der Waals surface area contributed by atoms with Crippen LogP contribution in [0.25, 0.3) is 0 Å². The van der Waals surface area contributed by atoms with Gasteiger partial charge in [-0.1, -0.05) is 6.07 Å². The van der Waals surface area contributed by atoms with Crippen molar-refractivity contribution in [2.75, 3.05) is 7.05 Å². The Labute approximate surface area is 114 Å². The largest absolute Gasteiger partial charge is 0.326 e. The number of hydrogen-bond donors (Lipinski definition) is 1. The second-order valence-corrected chi connectivity index (χ2v) is 4.82. The van der Waals surface area contributed by atoms with Crippen LogP contribution < -0.4 is 5.73 Å². The number of hydrogen-bond acceptors (Lipinski definition) is 4. The van der Waals surface area contributed by atoms with Crippen molar-refractivity contribution in [3.05, 3.63) is 60.2 Å². The third-order valence-corrected chi connectivity index (χ3v) is 3.16. The summed E-state index contributed by atoms with van der Waals surface area (Å²) in [4.78, 5) is 10.6. The smallest absolute Gasteiger partial charge is 0.0544 e. The molecule has 4 nitrogen and oxygen atoms in total. The van der Waals surface area contributed by atoms with Crippen molar-refractivity contribution in [2.24, 2.45) is 5.73 Å². The van der Waals surface area contributed by atoms with E-state index in [1.807, 2.05) is 43.5 Å². The van der Waals surface area contributed by atoms with E-state index in [-0.39, 0.29) is 12.1 Å². The van der Waals surface area contributed by atoms with E-state index >= 15 is 0 Å². The zero-order valence-electron chi connectivity index (χ0n) is 11.4. The summed E-state index contributed by atoms with van der Waals surface area (Å²) in [5.74, 6) is 0. The summed E-state index contributed by atoms with van der Waals surface area (Å²) in [6, 6.07) is 10.2. The van der Waals surface area contributed by atoms with Crippen LogP contribution in [0, 0.1) is 0 Å². The molecule has 19 heavy (non-hydrogen) atoms. The van der Waals surface area contributed by atoms with Crippen LogP contribution in [0.4, 0.5) is 0 Å². The maximum absolute atomic E-state index is 6.14. The average Bonchev–Trinajstić information content (AvgIpc) is 2.40. The van der Waals surface area contributed by atoms with E-state index in [1.54, 1.807) is 12.4 Å². The van der Waals surface area contributed by atoms with Crippen molar-refractivity contribution in [3.63, 3.8) is 0 Å². The van der Waals surface area contributed by atoms with E-state index in [4.69, 9.17) is 5.73 Å². The monoisotopic (exact) mass is 256 g/mol. The van der Waals surface area contributed by atoms with Crippen LogP contribution in [0.15, 0.2) is 48.9 Å². The van der Waals surface area contributed by atoms with E-state index in [2.05, 4.69) is 21.9 Å². The molecule has 0 saturated heterocycles. The van der Waals surface area contributed by atoms with Crippen molar-refractivity contribution in [2.45, 2.75) is 25.6 Å². The first-order chi connectivity index (χ1) is 9.18. The van der Waals surface area contributed by atoms with Crippen molar-refractivity contribution < 1.29 is 0 Å². The highest BCUT2D eigenvalue weighted by Crippen LogP contribution is 2.22. The van der Waals surface area contributed by atoms with Crippen molar-refractivity contribution in [3.8, 4) is 0 Å².